The first kappa shape index (κ1) is 13.3. The number of aromatic nitrogens is 1. The first-order chi connectivity index (χ1) is 9.56. The Bertz CT molecular complexity index is 768. The summed E-state index contributed by atoms with van der Waals surface area (Å²) in [5.41, 5.74) is 5.02. The second-order valence-electron chi connectivity index (χ2n) is 5.57. The molecule has 0 amide bonds. The molecule has 1 aromatic heterocycles. The van der Waals surface area contributed by atoms with E-state index in [0.717, 1.165) is 5.02 Å². The molecule has 0 spiro atoms. The van der Waals surface area contributed by atoms with Gasteiger partial charge in [0.1, 0.15) is 0 Å². The van der Waals surface area contributed by atoms with Gasteiger partial charge in [-0.1, -0.05) is 35.4 Å². The van der Waals surface area contributed by atoms with Gasteiger partial charge in [-0.15, -0.1) is 0 Å². The van der Waals surface area contributed by atoms with Crippen molar-refractivity contribution in [1.82, 2.24) is 4.57 Å². The van der Waals surface area contributed by atoms with Gasteiger partial charge in [0.2, 0.25) is 0 Å². The van der Waals surface area contributed by atoms with Crippen molar-refractivity contribution in [1.29, 1.82) is 0 Å². The van der Waals surface area contributed by atoms with Crippen LogP contribution in [0, 0.1) is 6.92 Å². The normalized spacial score (nSPS) is 11.4. The van der Waals surface area contributed by atoms with Gasteiger partial charge >= 0.3 is 0 Å². The lowest BCUT2D eigenvalue weighted by atomic mass is 10.1. The van der Waals surface area contributed by atoms with E-state index >= 15 is 0 Å². The van der Waals surface area contributed by atoms with Gasteiger partial charge in [0.15, 0.2) is 0 Å². The van der Waals surface area contributed by atoms with Crippen molar-refractivity contribution < 1.29 is 0 Å². The molecular weight excluding hydrogens is 266 g/mol. The van der Waals surface area contributed by atoms with E-state index in [2.05, 4.69) is 61.7 Å². The molecule has 1 heterocycles. The highest BCUT2D eigenvalue weighted by Gasteiger charge is 2.13. The predicted molar refractivity (Wildman–Crippen MR) is 87.5 cm³/mol. The van der Waals surface area contributed by atoms with Crippen LogP contribution in [0.5, 0.6) is 0 Å². The van der Waals surface area contributed by atoms with Gasteiger partial charge < -0.3 is 4.57 Å². The molecule has 3 aromatic rings. The third-order valence-electron chi connectivity index (χ3n) is 3.63. The molecule has 0 atom stereocenters. The summed E-state index contributed by atoms with van der Waals surface area (Å²) in [7, 11) is 0. The van der Waals surface area contributed by atoms with E-state index in [0.29, 0.717) is 6.04 Å². The molecule has 2 heteroatoms. The van der Waals surface area contributed by atoms with Crippen LogP contribution in [0.25, 0.3) is 22.2 Å². The fourth-order valence-electron chi connectivity index (χ4n) is 2.79. The lowest BCUT2D eigenvalue weighted by Gasteiger charge is -2.15. The van der Waals surface area contributed by atoms with Crippen molar-refractivity contribution >= 4 is 22.5 Å². The Morgan fingerprint density at radius 1 is 1.00 bits per heavy atom. The van der Waals surface area contributed by atoms with E-state index in [1.165, 1.54) is 27.7 Å². The van der Waals surface area contributed by atoms with Crippen LogP contribution in [0.3, 0.4) is 0 Å². The van der Waals surface area contributed by atoms with Gasteiger partial charge in [-0.2, -0.15) is 0 Å². The SMILES string of the molecule is Cc1cccc(-c2cc3cc(Cl)ccc3n2C(C)C)c1. The number of halogens is 1. The van der Waals surface area contributed by atoms with Gasteiger partial charge in [0.25, 0.3) is 0 Å². The quantitative estimate of drug-likeness (QED) is 0.556. The van der Waals surface area contributed by atoms with E-state index in [-0.39, 0.29) is 0 Å². The van der Waals surface area contributed by atoms with Crippen molar-refractivity contribution in [2.24, 2.45) is 0 Å². The molecule has 0 saturated heterocycles. The van der Waals surface area contributed by atoms with Crippen LogP contribution in [-0.4, -0.2) is 4.57 Å². The second-order valence-corrected chi connectivity index (χ2v) is 6.00. The Morgan fingerprint density at radius 2 is 1.80 bits per heavy atom. The van der Waals surface area contributed by atoms with Crippen molar-refractivity contribution in [3.63, 3.8) is 0 Å². The largest absolute Gasteiger partial charge is 0.338 e. The third kappa shape index (κ3) is 2.23. The van der Waals surface area contributed by atoms with Crippen LogP contribution in [0.4, 0.5) is 0 Å². The zero-order valence-corrected chi connectivity index (χ0v) is 12.8. The average molecular weight is 284 g/mol. The fraction of sp³-hybridized carbons (Fsp3) is 0.222. The molecule has 0 unspecified atom stereocenters. The van der Waals surface area contributed by atoms with Crippen LogP contribution in [-0.2, 0) is 0 Å². The first-order valence-corrected chi connectivity index (χ1v) is 7.31. The number of rotatable bonds is 2. The maximum atomic E-state index is 6.12. The summed E-state index contributed by atoms with van der Waals surface area (Å²) in [5, 5.41) is 1.98. The maximum absolute atomic E-state index is 6.12. The van der Waals surface area contributed by atoms with E-state index in [4.69, 9.17) is 11.6 Å². The summed E-state index contributed by atoms with van der Waals surface area (Å²) in [4.78, 5) is 0. The molecule has 2 aromatic carbocycles. The number of benzene rings is 2. The predicted octanol–water partition coefficient (Wildman–Crippen LogP) is 5.85. The molecule has 102 valence electrons. The summed E-state index contributed by atoms with van der Waals surface area (Å²) in [6.07, 6.45) is 0. The van der Waals surface area contributed by atoms with E-state index in [1.807, 2.05) is 12.1 Å². The van der Waals surface area contributed by atoms with Crippen molar-refractivity contribution in [2.45, 2.75) is 26.8 Å². The molecule has 0 radical (unpaired) electrons. The van der Waals surface area contributed by atoms with Crippen LogP contribution in [0.1, 0.15) is 25.5 Å². The summed E-state index contributed by atoms with van der Waals surface area (Å²) in [5.74, 6) is 0. The smallest absolute Gasteiger partial charge is 0.0493 e. The van der Waals surface area contributed by atoms with Gasteiger partial charge in [-0.25, -0.2) is 0 Å². The zero-order valence-electron chi connectivity index (χ0n) is 12.0. The van der Waals surface area contributed by atoms with Gasteiger partial charge in [-0.3, -0.25) is 0 Å². The van der Waals surface area contributed by atoms with E-state index in [1.54, 1.807) is 0 Å². The molecule has 0 aliphatic heterocycles. The molecular formula is C18H18ClN. The minimum Gasteiger partial charge on any atom is -0.338 e. The second kappa shape index (κ2) is 4.99. The minimum absolute atomic E-state index is 0.407. The number of hydrogen-bond acceptors (Lipinski definition) is 0. The highest BCUT2D eigenvalue weighted by atomic mass is 35.5. The molecule has 0 bridgehead atoms. The Hall–Kier alpha value is -1.73. The van der Waals surface area contributed by atoms with Crippen LogP contribution in [0.2, 0.25) is 5.02 Å². The molecule has 20 heavy (non-hydrogen) atoms. The number of aryl methyl sites for hydroxylation is 1. The van der Waals surface area contributed by atoms with Crippen LogP contribution < -0.4 is 0 Å². The lowest BCUT2D eigenvalue weighted by Crippen LogP contribution is -2.02. The Morgan fingerprint density at radius 3 is 2.50 bits per heavy atom. The molecule has 3 rings (SSSR count). The Balaban J connectivity index is 2.32. The monoisotopic (exact) mass is 283 g/mol. The first-order valence-electron chi connectivity index (χ1n) is 6.94. The molecule has 0 saturated carbocycles. The minimum atomic E-state index is 0.407. The summed E-state index contributed by atoms with van der Waals surface area (Å²) in [6, 6.07) is 17.4. The van der Waals surface area contributed by atoms with Crippen molar-refractivity contribution in [3.8, 4) is 11.3 Å². The molecule has 0 aliphatic carbocycles. The third-order valence-corrected chi connectivity index (χ3v) is 3.87. The van der Waals surface area contributed by atoms with Gasteiger partial charge in [-0.05, 0) is 56.7 Å². The standard InChI is InChI=1S/C18H18ClN/c1-12(2)20-17-8-7-16(19)10-15(17)11-18(20)14-6-4-5-13(3)9-14/h4-12H,1-3H3. The highest BCUT2D eigenvalue weighted by Crippen LogP contribution is 2.33. The molecule has 0 fully saturated rings. The van der Waals surface area contributed by atoms with E-state index < -0.39 is 0 Å². The van der Waals surface area contributed by atoms with Gasteiger partial charge in [0, 0.05) is 27.7 Å². The topological polar surface area (TPSA) is 4.93 Å². The average Bonchev–Trinajstić information content (AvgIpc) is 2.77. The van der Waals surface area contributed by atoms with E-state index in [9.17, 15) is 0 Å². The van der Waals surface area contributed by atoms with Crippen molar-refractivity contribution in [3.05, 3.63) is 59.1 Å². The number of nitrogens with zero attached hydrogens (tertiary/aromatic N) is 1. The van der Waals surface area contributed by atoms with Crippen LogP contribution >= 0.6 is 11.6 Å². The number of fused-ring (bicyclic) bond motifs is 1. The Labute approximate surface area is 124 Å². The maximum Gasteiger partial charge on any atom is 0.0493 e. The van der Waals surface area contributed by atoms with Crippen molar-refractivity contribution in [2.75, 3.05) is 0 Å². The number of hydrogen-bond donors (Lipinski definition) is 0. The zero-order chi connectivity index (χ0) is 14.3. The fourth-order valence-corrected chi connectivity index (χ4v) is 2.97. The molecule has 0 N–H and O–H groups in total. The highest BCUT2D eigenvalue weighted by molar-refractivity contribution is 6.31. The summed E-state index contributed by atoms with van der Waals surface area (Å²) < 4.78 is 2.38. The Kier molecular flexibility index (Phi) is 3.31. The van der Waals surface area contributed by atoms with Gasteiger partial charge in [0.05, 0.1) is 0 Å². The summed E-state index contributed by atoms with van der Waals surface area (Å²) in [6.45, 7) is 6.56. The summed E-state index contributed by atoms with van der Waals surface area (Å²) >= 11 is 6.12. The van der Waals surface area contributed by atoms with Crippen LogP contribution in [0.15, 0.2) is 48.5 Å². The lowest BCUT2D eigenvalue weighted by molar-refractivity contribution is 0.629. The molecule has 1 nitrogen and oxygen atoms in total. The molecule has 0 aliphatic rings.